The van der Waals surface area contributed by atoms with Crippen LogP contribution in [0.25, 0.3) is 11.3 Å². The van der Waals surface area contributed by atoms with Gasteiger partial charge in [-0.25, -0.2) is 14.4 Å². The van der Waals surface area contributed by atoms with E-state index in [2.05, 4.69) is 10.6 Å². The Kier molecular flexibility index (Phi) is 6.00. The van der Waals surface area contributed by atoms with Crippen molar-refractivity contribution >= 4 is 29.6 Å². The average molecular weight is 405 g/mol. The minimum atomic E-state index is -0.748. The molecule has 2 amide bonds. The molecule has 2 heterocycles. The van der Waals surface area contributed by atoms with Gasteiger partial charge in [0.05, 0.1) is 29.4 Å². The van der Waals surface area contributed by atoms with Crippen LogP contribution < -0.4 is 10.6 Å². The highest BCUT2D eigenvalue weighted by atomic mass is 35.5. The summed E-state index contributed by atoms with van der Waals surface area (Å²) >= 11 is 6.12. The maximum absolute atomic E-state index is 12.3. The van der Waals surface area contributed by atoms with Gasteiger partial charge in [0.25, 0.3) is 0 Å². The molecule has 8 nitrogen and oxygen atoms in total. The lowest BCUT2D eigenvalue weighted by atomic mass is 10.2. The molecule has 9 heteroatoms. The molecule has 0 fully saturated rings. The third-order valence-corrected chi connectivity index (χ3v) is 4.20. The summed E-state index contributed by atoms with van der Waals surface area (Å²) in [5.74, 6) is -0.963. The maximum atomic E-state index is 12.3. The standard InChI is InChI=1S/C19H17ClN2O6/c1-2-26-17(23)12-9-21-19(25)22-14(12)10-27-18(24)16-8-7-15(28-16)11-5-3-4-6-13(11)20/h3-8H,2,9-10H2,1H3,(H2,21,22,25). The van der Waals surface area contributed by atoms with E-state index in [1.807, 2.05) is 0 Å². The lowest BCUT2D eigenvalue weighted by molar-refractivity contribution is -0.138. The molecule has 0 atom stereocenters. The van der Waals surface area contributed by atoms with Gasteiger partial charge < -0.3 is 24.5 Å². The zero-order chi connectivity index (χ0) is 20.1. The summed E-state index contributed by atoms with van der Waals surface area (Å²) in [5, 5.41) is 5.41. The number of benzene rings is 1. The SMILES string of the molecule is CCOC(=O)C1=C(COC(=O)c2ccc(-c3ccccc3Cl)o2)NC(=O)NC1. The molecule has 1 aromatic carbocycles. The zero-order valence-corrected chi connectivity index (χ0v) is 15.7. The van der Waals surface area contributed by atoms with E-state index in [9.17, 15) is 14.4 Å². The van der Waals surface area contributed by atoms with Crippen molar-refractivity contribution < 1.29 is 28.3 Å². The first-order valence-corrected chi connectivity index (χ1v) is 8.83. The molecule has 0 radical (unpaired) electrons. The third-order valence-electron chi connectivity index (χ3n) is 3.87. The minimum Gasteiger partial charge on any atom is -0.463 e. The van der Waals surface area contributed by atoms with Crippen molar-refractivity contribution in [3.05, 3.63) is 58.5 Å². The van der Waals surface area contributed by atoms with Gasteiger partial charge >= 0.3 is 18.0 Å². The molecule has 0 saturated heterocycles. The van der Waals surface area contributed by atoms with E-state index < -0.39 is 18.0 Å². The number of hydrogen-bond acceptors (Lipinski definition) is 6. The molecule has 3 rings (SSSR count). The maximum Gasteiger partial charge on any atom is 0.374 e. The second kappa shape index (κ2) is 8.62. The van der Waals surface area contributed by atoms with Gasteiger partial charge in [0, 0.05) is 5.56 Å². The highest BCUT2D eigenvalue weighted by molar-refractivity contribution is 6.33. The van der Waals surface area contributed by atoms with Crippen molar-refractivity contribution in [3.63, 3.8) is 0 Å². The molecule has 146 valence electrons. The van der Waals surface area contributed by atoms with Crippen LogP contribution in [0.3, 0.4) is 0 Å². The van der Waals surface area contributed by atoms with Gasteiger partial charge in [-0.05, 0) is 31.2 Å². The summed E-state index contributed by atoms with van der Waals surface area (Å²) in [5.41, 5.74) is 0.986. The van der Waals surface area contributed by atoms with Gasteiger partial charge in [-0.1, -0.05) is 23.7 Å². The Labute approximate surface area is 165 Å². The lowest BCUT2D eigenvalue weighted by Crippen LogP contribution is -2.45. The van der Waals surface area contributed by atoms with Crippen molar-refractivity contribution in [2.75, 3.05) is 19.8 Å². The van der Waals surface area contributed by atoms with Crippen molar-refractivity contribution in [2.24, 2.45) is 0 Å². The second-order valence-electron chi connectivity index (χ2n) is 5.71. The average Bonchev–Trinajstić information content (AvgIpc) is 3.16. The van der Waals surface area contributed by atoms with Crippen LogP contribution in [-0.2, 0) is 14.3 Å². The molecule has 2 N–H and O–H groups in total. The molecular formula is C19H17ClN2O6. The Morgan fingerprint density at radius 3 is 2.68 bits per heavy atom. The van der Waals surface area contributed by atoms with E-state index >= 15 is 0 Å². The van der Waals surface area contributed by atoms with Crippen LogP contribution >= 0.6 is 11.6 Å². The highest BCUT2D eigenvalue weighted by Gasteiger charge is 2.25. The fourth-order valence-corrected chi connectivity index (χ4v) is 2.76. The Bertz CT molecular complexity index is 949. The van der Waals surface area contributed by atoms with E-state index in [0.717, 1.165) is 0 Å². The van der Waals surface area contributed by atoms with Gasteiger partial charge in [0.15, 0.2) is 0 Å². The number of ether oxygens (including phenoxy) is 2. The van der Waals surface area contributed by atoms with Crippen LogP contribution in [0.1, 0.15) is 17.5 Å². The summed E-state index contributed by atoms with van der Waals surface area (Å²) in [7, 11) is 0. The number of amides is 2. The number of urea groups is 1. The summed E-state index contributed by atoms with van der Waals surface area (Å²) in [6.07, 6.45) is 0. The van der Waals surface area contributed by atoms with E-state index in [-0.39, 0.29) is 36.8 Å². The molecule has 0 spiro atoms. The topological polar surface area (TPSA) is 107 Å². The minimum absolute atomic E-state index is 0.0189. The quantitative estimate of drug-likeness (QED) is 0.717. The number of carbonyl (C=O) groups excluding carboxylic acids is 3. The Morgan fingerprint density at radius 1 is 1.14 bits per heavy atom. The number of esters is 2. The lowest BCUT2D eigenvalue weighted by Gasteiger charge is -2.20. The van der Waals surface area contributed by atoms with Crippen molar-refractivity contribution in [1.29, 1.82) is 0 Å². The summed E-state index contributed by atoms with van der Waals surface area (Å²) in [6.45, 7) is 1.51. The predicted molar refractivity (Wildman–Crippen MR) is 99.6 cm³/mol. The number of hydrogen-bond donors (Lipinski definition) is 2. The van der Waals surface area contributed by atoms with Gasteiger partial charge in [-0.3, -0.25) is 0 Å². The number of rotatable bonds is 6. The zero-order valence-electron chi connectivity index (χ0n) is 14.9. The smallest absolute Gasteiger partial charge is 0.374 e. The molecule has 0 unspecified atom stereocenters. The molecule has 1 aliphatic heterocycles. The highest BCUT2D eigenvalue weighted by Crippen LogP contribution is 2.29. The largest absolute Gasteiger partial charge is 0.463 e. The fourth-order valence-electron chi connectivity index (χ4n) is 2.53. The normalized spacial score (nSPS) is 13.6. The Morgan fingerprint density at radius 2 is 1.93 bits per heavy atom. The number of carbonyl (C=O) groups is 3. The van der Waals surface area contributed by atoms with Crippen LogP contribution in [0, 0.1) is 0 Å². The van der Waals surface area contributed by atoms with Gasteiger partial charge in [0.2, 0.25) is 5.76 Å². The number of furan rings is 1. The van der Waals surface area contributed by atoms with E-state index in [0.29, 0.717) is 16.3 Å². The monoisotopic (exact) mass is 404 g/mol. The molecule has 0 saturated carbocycles. The summed E-state index contributed by atoms with van der Waals surface area (Å²) < 4.78 is 15.6. The molecule has 1 aliphatic rings. The first kappa shape index (κ1) is 19.5. The van der Waals surface area contributed by atoms with Gasteiger partial charge in [-0.2, -0.15) is 0 Å². The van der Waals surface area contributed by atoms with Crippen LogP contribution in [0.2, 0.25) is 5.02 Å². The molecule has 1 aromatic heterocycles. The molecule has 2 aromatic rings. The molecule has 0 aliphatic carbocycles. The molecular weight excluding hydrogens is 388 g/mol. The second-order valence-corrected chi connectivity index (χ2v) is 6.11. The van der Waals surface area contributed by atoms with Crippen LogP contribution in [0.15, 0.2) is 52.1 Å². The van der Waals surface area contributed by atoms with Gasteiger partial charge in [-0.15, -0.1) is 0 Å². The molecule has 28 heavy (non-hydrogen) atoms. The third kappa shape index (κ3) is 4.34. The van der Waals surface area contributed by atoms with Gasteiger partial charge in [0.1, 0.15) is 12.4 Å². The van der Waals surface area contributed by atoms with E-state index in [4.69, 9.17) is 25.5 Å². The van der Waals surface area contributed by atoms with E-state index in [1.165, 1.54) is 6.07 Å². The first-order chi connectivity index (χ1) is 13.5. The molecule has 0 bridgehead atoms. The summed E-state index contributed by atoms with van der Waals surface area (Å²) in [6, 6.07) is 9.61. The predicted octanol–water partition coefficient (Wildman–Crippen LogP) is 2.89. The Balaban J connectivity index is 1.72. The Hall–Kier alpha value is -3.26. The number of nitrogens with one attached hydrogen (secondary N) is 2. The van der Waals surface area contributed by atoms with E-state index in [1.54, 1.807) is 37.3 Å². The van der Waals surface area contributed by atoms with Crippen LogP contribution in [-0.4, -0.2) is 37.7 Å². The van der Waals surface area contributed by atoms with Crippen molar-refractivity contribution in [3.8, 4) is 11.3 Å². The number of halogens is 1. The van der Waals surface area contributed by atoms with Crippen LogP contribution in [0.5, 0.6) is 0 Å². The van der Waals surface area contributed by atoms with Crippen LogP contribution in [0.4, 0.5) is 4.79 Å². The fraction of sp³-hybridized carbons (Fsp3) is 0.211. The first-order valence-electron chi connectivity index (χ1n) is 8.45. The summed E-state index contributed by atoms with van der Waals surface area (Å²) in [4.78, 5) is 35.8. The van der Waals surface area contributed by atoms with Crippen molar-refractivity contribution in [1.82, 2.24) is 10.6 Å². The van der Waals surface area contributed by atoms with Crippen molar-refractivity contribution in [2.45, 2.75) is 6.92 Å².